The third kappa shape index (κ3) is 0.518. The summed E-state index contributed by atoms with van der Waals surface area (Å²) in [5.41, 5.74) is 0. The van der Waals surface area contributed by atoms with Crippen LogP contribution in [0.5, 0.6) is 0 Å². The second kappa shape index (κ2) is 1.18. The van der Waals surface area contributed by atoms with Gasteiger partial charge in [-0.05, 0) is 6.92 Å². The molecule has 1 fully saturated rings. The molecule has 0 aromatic rings. The zero-order chi connectivity index (χ0) is 4.57. The second-order valence-corrected chi connectivity index (χ2v) is 1.15. The van der Waals surface area contributed by atoms with E-state index in [9.17, 15) is 0 Å². The number of aliphatic hydroxyl groups is 1. The van der Waals surface area contributed by atoms with Crippen molar-refractivity contribution in [2.45, 2.75) is 19.7 Å². The second-order valence-electron chi connectivity index (χ2n) is 1.15. The van der Waals surface area contributed by atoms with Crippen molar-refractivity contribution in [2.24, 2.45) is 0 Å². The highest BCUT2D eigenvalue weighted by Crippen LogP contribution is 2.11. The van der Waals surface area contributed by atoms with Gasteiger partial charge in [0.2, 0.25) is 0 Å². The first-order valence-electron chi connectivity index (χ1n) is 1.78. The Morgan fingerprint density at radius 3 is 2.00 bits per heavy atom. The molecule has 1 N–H and O–H groups in total. The number of ether oxygens (including phenoxy) is 2. The van der Waals surface area contributed by atoms with Crippen LogP contribution in [0.1, 0.15) is 6.92 Å². The first kappa shape index (κ1) is 4.05. The van der Waals surface area contributed by atoms with E-state index in [2.05, 4.69) is 9.47 Å². The van der Waals surface area contributed by atoms with Crippen LogP contribution < -0.4 is 0 Å². The Kier molecular flexibility index (Phi) is 0.799. The lowest BCUT2D eigenvalue weighted by molar-refractivity contribution is -0.450. The van der Waals surface area contributed by atoms with E-state index >= 15 is 0 Å². The Hall–Kier alpha value is -0.120. The molecule has 1 saturated heterocycles. The fourth-order valence-corrected chi connectivity index (χ4v) is 0.338. The zero-order valence-electron chi connectivity index (χ0n) is 3.42. The van der Waals surface area contributed by atoms with E-state index in [4.69, 9.17) is 5.11 Å². The molecule has 0 aliphatic carbocycles. The summed E-state index contributed by atoms with van der Waals surface area (Å²) < 4.78 is 8.94. The molecule has 0 unspecified atom stereocenters. The Bertz CT molecular complexity index is 42.0. The molecule has 1 aliphatic rings. The summed E-state index contributed by atoms with van der Waals surface area (Å²) in [4.78, 5) is 0. The first-order chi connectivity index (χ1) is 2.79. The van der Waals surface area contributed by atoms with Gasteiger partial charge in [-0.25, -0.2) is 0 Å². The summed E-state index contributed by atoms with van der Waals surface area (Å²) in [7, 11) is 0. The topological polar surface area (TPSA) is 38.7 Å². The van der Waals surface area contributed by atoms with Crippen molar-refractivity contribution < 1.29 is 14.6 Å². The quantitative estimate of drug-likeness (QED) is 0.442. The highest BCUT2D eigenvalue weighted by atomic mass is 16.9. The number of hydrogen-bond acceptors (Lipinski definition) is 3. The smallest absolute Gasteiger partial charge is 0.273 e. The van der Waals surface area contributed by atoms with Gasteiger partial charge in [0.25, 0.3) is 6.48 Å². The zero-order valence-corrected chi connectivity index (χ0v) is 3.42. The van der Waals surface area contributed by atoms with Crippen LogP contribution in [0.2, 0.25) is 0 Å². The standard InChI is InChI=1S/C3H6O3/c1-2-5-3(4)6-2/h2-4H,1H3. The third-order valence-corrected chi connectivity index (χ3v) is 0.616. The fraction of sp³-hybridized carbons (Fsp3) is 1.00. The largest absolute Gasteiger partial charge is 0.346 e. The molecule has 3 nitrogen and oxygen atoms in total. The average Bonchev–Trinajstić information content (AvgIpc) is 1.33. The predicted molar refractivity (Wildman–Crippen MR) is 17.6 cm³/mol. The van der Waals surface area contributed by atoms with Crippen LogP contribution in [0.3, 0.4) is 0 Å². The van der Waals surface area contributed by atoms with Gasteiger partial charge >= 0.3 is 0 Å². The molecular formula is C3H6O3. The molecule has 0 spiro atoms. The van der Waals surface area contributed by atoms with E-state index in [-0.39, 0.29) is 6.29 Å². The Balaban J connectivity index is 2.11. The minimum absolute atomic E-state index is 0.208. The van der Waals surface area contributed by atoms with Gasteiger partial charge in [-0.15, -0.1) is 0 Å². The highest BCUT2D eigenvalue weighted by molar-refractivity contribution is 4.37. The number of aliphatic hydroxyl groups excluding tert-OH is 1. The van der Waals surface area contributed by atoms with Gasteiger partial charge in [-0.1, -0.05) is 0 Å². The van der Waals surface area contributed by atoms with Crippen LogP contribution in [0.15, 0.2) is 0 Å². The minimum Gasteiger partial charge on any atom is -0.346 e. The molecule has 1 rings (SSSR count). The monoisotopic (exact) mass is 90.0 g/mol. The summed E-state index contributed by atoms with van der Waals surface area (Å²) in [5, 5.41) is 8.17. The molecule has 36 valence electrons. The van der Waals surface area contributed by atoms with Crippen LogP contribution in [-0.2, 0) is 9.47 Å². The van der Waals surface area contributed by atoms with Gasteiger partial charge in [-0.3, -0.25) is 0 Å². The summed E-state index contributed by atoms with van der Waals surface area (Å²) in [6.45, 7) is 0.757. The van der Waals surface area contributed by atoms with Gasteiger partial charge in [-0.2, -0.15) is 0 Å². The summed E-state index contributed by atoms with van der Waals surface area (Å²) in [6.07, 6.45) is -0.208. The van der Waals surface area contributed by atoms with E-state index < -0.39 is 6.48 Å². The molecule has 3 heteroatoms. The Morgan fingerprint density at radius 1 is 1.50 bits per heavy atom. The molecular weight excluding hydrogens is 84.0 g/mol. The maximum absolute atomic E-state index is 8.17. The normalized spacial score (nSPS) is 45.0. The summed E-state index contributed by atoms with van der Waals surface area (Å²) in [5.74, 6) is 0. The van der Waals surface area contributed by atoms with Gasteiger partial charge < -0.3 is 14.6 Å². The molecule has 0 radical (unpaired) electrons. The van der Waals surface area contributed by atoms with Crippen molar-refractivity contribution in [3.8, 4) is 0 Å². The van der Waals surface area contributed by atoms with E-state index in [0.29, 0.717) is 0 Å². The molecule has 1 aliphatic heterocycles. The molecule has 0 atom stereocenters. The van der Waals surface area contributed by atoms with Gasteiger partial charge in [0.05, 0.1) is 0 Å². The molecule has 0 amide bonds. The van der Waals surface area contributed by atoms with Crippen molar-refractivity contribution >= 4 is 0 Å². The van der Waals surface area contributed by atoms with Gasteiger partial charge in [0, 0.05) is 0 Å². The van der Waals surface area contributed by atoms with E-state index in [0.717, 1.165) is 0 Å². The molecule has 0 bridgehead atoms. The van der Waals surface area contributed by atoms with Gasteiger partial charge in [0.1, 0.15) is 0 Å². The third-order valence-electron chi connectivity index (χ3n) is 0.616. The molecule has 0 aromatic heterocycles. The summed E-state index contributed by atoms with van der Waals surface area (Å²) in [6, 6.07) is 0. The van der Waals surface area contributed by atoms with Crippen LogP contribution in [0, 0.1) is 0 Å². The minimum atomic E-state index is -0.958. The van der Waals surface area contributed by atoms with Crippen LogP contribution in [0.25, 0.3) is 0 Å². The van der Waals surface area contributed by atoms with Crippen LogP contribution in [-0.4, -0.2) is 17.9 Å². The van der Waals surface area contributed by atoms with Crippen molar-refractivity contribution in [2.75, 3.05) is 0 Å². The SMILES string of the molecule is CC1OC(O)O1. The molecule has 0 saturated carbocycles. The van der Waals surface area contributed by atoms with Gasteiger partial charge in [0.15, 0.2) is 6.29 Å². The van der Waals surface area contributed by atoms with Crippen molar-refractivity contribution in [3.05, 3.63) is 0 Å². The lowest BCUT2D eigenvalue weighted by Crippen LogP contribution is -2.38. The Morgan fingerprint density at radius 2 is 2.00 bits per heavy atom. The lowest BCUT2D eigenvalue weighted by Gasteiger charge is -2.28. The maximum Gasteiger partial charge on any atom is 0.273 e. The first-order valence-corrected chi connectivity index (χ1v) is 1.78. The number of hydrogen-bond donors (Lipinski definition) is 1. The van der Waals surface area contributed by atoms with Crippen molar-refractivity contribution in [3.63, 3.8) is 0 Å². The molecule has 1 heterocycles. The average molecular weight is 90.1 g/mol. The van der Waals surface area contributed by atoms with E-state index in [1.807, 2.05) is 0 Å². The van der Waals surface area contributed by atoms with Crippen LogP contribution in [0.4, 0.5) is 0 Å². The highest BCUT2D eigenvalue weighted by Gasteiger charge is 2.23. The molecule has 6 heavy (non-hydrogen) atoms. The summed E-state index contributed by atoms with van der Waals surface area (Å²) >= 11 is 0. The Labute approximate surface area is 35.5 Å². The van der Waals surface area contributed by atoms with Crippen molar-refractivity contribution in [1.82, 2.24) is 0 Å². The fourth-order valence-electron chi connectivity index (χ4n) is 0.338. The molecule has 0 aromatic carbocycles. The van der Waals surface area contributed by atoms with E-state index in [1.165, 1.54) is 0 Å². The van der Waals surface area contributed by atoms with E-state index in [1.54, 1.807) is 6.92 Å². The number of rotatable bonds is 0. The van der Waals surface area contributed by atoms with Crippen LogP contribution >= 0.6 is 0 Å². The maximum atomic E-state index is 8.17. The predicted octanol–water partition coefficient (Wildman–Crippen LogP) is -0.345. The lowest BCUT2D eigenvalue weighted by atomic mass is 10.7. The van der Waals surface area contributed by atoms with Crippen molar-refractivity contribution in [1.29, 1.82) is 0 Å².